The Labute approximate surface area is 102 Å². The van der Waals surface area contributed by atoms with Gasteiger partial charge in [-0.15, -0.1) is 0 Å². The normalized spacial score (nSPS) is 9.94. The number of carboxylic acids is 1. The quantitative estimate of drug-likeness (QED) is 0.923. The molecule has 1 aromatic rings. The molecule has 1 rings (SSSR count). The van der Waals surface area contributed by atoms with Gasteiger partial charge in [0.05, 0.1) is 0 Å². The Kier molecular flexibility index (Phi) is 4.06. The van der Waals surface area contributed by atoms with Crippen LogP contribution in [0.25, 0.3) is 0 Å². The van der Waals surface area contributed by atoms with Gasteiger partial charge >= 0.3 is 5.97 Å². The Balaban J connectivity index is 2.88. The van der Waals surface area contributed by atoms with E-state index in [4.69, 9.17) is 5.11 Å². The molecule has 0 unspecified atom stereocenters. The average Bonchev–Trinajstić information content (AvgIpc) is 2.20. The minimum Gasteiger partial charge on any atom is -0.480 e. The van der Waals surface area contributed by atoms with Gasteiger partial charge in [0.1, 0.15) is 6.54 Å². The van der Waals surface area contributed by atoms with E-state index in [1.807, 2.05) is 6.92 Å². The van der Waals surface area contributed by atoms with Gasteiger partial charge in [-0.1, -0.05) is 15.9 Å². The molecule has 0 aliphatic heterocycles. The molecular formula is C11H12BrNO3. The van der Waals surface area contributed by atoms with E-state index in [1.54, 1.807) is 18.2 Å². The highest BCUT2D eigenvalue weighted by Crippen LogP contribution is 2.17. The predicted molar refractivity (Wildman–Crippen MR) is 63.5 cm³/mol. The maximum atomic E-state index is 11.8. The number of halogens is 1. The van der Waals surface area contributed by atoms with Crippen molar-refractivity contribution in [2.45, 2.75) is 6.92 Å². The molecule has 1 N–H and O–H groups in total. The van der Waals surface area contributed by atoms with Crippen molar-refractivity contribution in [1.29, 1.82) is 0 Å². The fourth-order valence-corrected chi connectivity index (χ4v) is 1.52. The molecule has 0 heterocycles. The highest BCUT2D eigenvalue weighted by Gasteiger charge is 2.14. The monoisotopic (exact) mass is 285 g/mol. The maximum Gasteiger partial charge on any atom is 0.323 e. The number of carbonyl (C=O) groups is 2. The molecule has 0 saturated carbocycles. The third kappa shape index (κ3) is 3.06. The lowest BCUT2D eigenvalue weighted by Gasteiger charge is -2.14. The molecule has 0 spiro atoms. The molecule has 4 nitrogen and oxygen atoms in total. The van der Waals surface area contributed by atoms with E-state index < -0.39 is 5.97 Å². The van der Waals surface area contributed by atoms with E-state index in [9.17, 15) is 9.59 Å². The largest absolute Gasteiger partial charge is 0.480 e. The topological polar surface area (TPSA) is 57.6 Å². The lowest BCUT2D eigenvalue weighted by Crippen LogP contribution is -2.31. The van der Waals surface area contributed by atoms with Crippen LogP contribution in [0.5, 0.6) is 0 Å². The first-order chi connectivity index (χ1) is 7.41. The summed E-state index contributed by atoms with van der Waals surface area (Å²) < 4.78 is 0.921. The van der Waals surface area contributed by atoms with Crippen molar-refractivity contribution in [3.8, 4) is 0 Å². The van der Waals surface area contributed by atoms with Gasteiger partial charge in [-0.05, 0) is 30.7 Å². The Morgan fingerprint density at radius 1 is 1.44 bits per heavy atom. The minimum absolute atomic E-state index is 0.294. The van der Waals surface area contributed by atoms with Crippen LogP contribution >= 0.6 is 15.9 Å². The van der Waals surface area contributed by atoms with Crippen LogP contribution in [0, 0.1) is 6.92 Å². The standard InChI is InChI=1S/C11H12BrNO3/c1-7-5-8(3-4-9(7)12)11(16)13(2)6-10(14)15/h3-5H,6H2,1-2H3,(H,14,15). The number of rotatable bonds is 3. The number of hydrogen-bond acceptors (Lipinski definition) is 2. The minimum atomic E-state index is -1.02. The summed E-state index contributed by atoms with van der Waals surface area (Å²) in [6, 6.07) is 5.17. The number of amides is 1. The maximum absolute atomic E-state index is 11.8. The number of carboxylic acid groups (broad SMARTS) is 1. The van der Waals surface area contributed by atoms with Crippen molar-refractivity contribution in [2.24, 2.45) is 0 Å². The third-order valence-corrected chi connectivity index (χ3v) is 3.01. The zero-order valence-electron chi connectivity index (χ0n) is 9.03. The first kappa shape index (κ1) is 12.7. The molecule has 1 amide bonds. The molecule has 16 heavy (non-hydrogen) atoms. The fraction of sp³-hybridized carbons (Fsp3) is 0.273. The second kappa shape index (κ2) is 5.12. The molecule has 1 aromatic carbocycles. The van der Waals surface area contributed by atoms with E-state index in [2.05, 4.69) is 15.9 Å². The Morgan fingerprint density at radius 3 is 2.56 bits per heavy atom. The van der Waals surface area contributed by atoms with E-state index in [0.717, 1.165) is 10.0 Å². The molecule has 86 valence electrons. The molecule has 0 aliphatic carbocycles. The molecule has 0 aromatic heterocycles. The SMILES string of the molecule is Cc1cc(C(=O)N(C)CC(=O)O)ccc1Br. The summed E-state index contributed by atoms with van der Waals surface area (Å²) in [5, 5.41) is 8.58. The number of carbonyl (C=O) groups excluding carboxylic acids is 1. The summed E-state index contributed by atoms with van der Waals surface area (Å²) in [4.78, 5) is 23.4. The molecule has 0 saturated heterocycles. The van der Waals surface area contributed by atoms with Crippen LogP contribution in [0.1, 0.15) is 15.9 Å². The number of likely N-dealkylation sites (N-methyl/N-ethyl adjacent to an activating group) is 1. The van der Waals surface area contributed by atoms with E-state index in [1.165, 1.54) is 11.9 Å². The van der Waals surface area contributed by atoms with Crippen LogP contribution in [0.3, 0.4) is 0 Å². The van der Waals surface area contributed by atoms with Crippen molar-refractivity contribution in [2.75, 3.05) is 13.6 Å². The van der Waals surface area contributed by atoms with Crippen LogP contribution in [-0.4, -0.2) is 35.5 Å². The first-order valence-corrected chi connectivity index (χ1v) is 5.44. The summed E-state index contributed by atoms with van der Waals surface area (Å²) in [7, 11) is 1.47. The molecule has 5 heteroatoms. The van der Waals surface area contributed by atoms with Gasteiger partial charge in [0, 0.05) is 17.1 Å². The van der Waals surface area contributed by atoms with Crippen LogP contribution in [0.2, 0.25) is 0 Å². The summed E-state index contributed by atoms with van der Waals surface area (Å²) in [5.41, 5.74) is 1.43. The van der Waals surface area contributed by atoms with Gasteiger partial charge in [-0.2, -0.15) is 0 Å². The van der Waals surface area contributed by atoms with Crippen LogP contribution in [0.15, 0.2) is 22.7 Å². The molecule has 0 aliphatic rings. The number of aliphatic carboxylic acids is 1. The van der Waals surface area contributed by atoms with Crippen LogP contribution < -0.4 is 0 Å². The van der Waals surface area contributed by atoms with Crippen molar-refractivity contribution >= 4 is 27.8 Å². The van der Waals surface area contributed by atoms with Gasteiger partial charge in [0.2, 0.25) is 0 Å². The Morgan fingerprint density at radius 2 is 2.06 bits per heavy atom. The number of benzene rings is 1. The van der Waals surface area contributed by atoms with E-state index in [0.29, 0.717) is 5.56 Å². The highest BCUT2D eigenvalue weighted by molar-refractivity contribution is 9.10. The second-order valence-corrected chi connectivity index (χ2v) is 4.37. The Bertz CT molecular complexity index is 431. The Hall–Kier alpha value is -1.36. The van der Waals surface area contributed by atoms with Crippen molar-refractivity contribution in [1.82, 2.24) is 4.90 Å². The van der Waals surface area contributed by atoms with Crippen LogP contribution in [-0.2, 0) is 4.79 Å². The molecule has 0 radical (unpaired) electrons. The summed E-state index contributed by atoms with van der Waals surface area (Å²) in [6.45, 7) is 1.58. The molecular weight excluding hydrogens is 274 g/mol. The zero-order valence-corrected chi connectivity index (χ0v) is 10.6. The predicted octanol–water partition coefficient (Wildman–Crippen LogP) is 1.91. The zero-order chi connectivity index (χ0) is 12.3. The van der Waals surface area contributed by atoms with Gasteiger partial charge in [-0.3, -0.25) is 9.59 Å². The number of aryl methyl sites for hydroxylation is 1. The highest BCUT2D eigenvalue weighted by atomic mass is 79.9. The average molecular weight is 286 g/mol. The van der Waals surface area contributed by atoms with E-state index >= 15 is 0 Å². The lowest BCUT2D eigenvalue weighted by atomic mass is 10.1. The third-order valence-electron chi connectivity index (χ3n) is 2.12. The lowest BCUT2D eigenvalue weighted by molar-refractivity contribution is -0.137. The summed E-state index contributed by atoms with van der Waals surface area (Å²) in [5.74, 6) is -1.32. The second-order valence-electron chi connectivity index (χ2n) is 3.52. The first-order valence-electron chi connectivity index (χ1n) is 4.65. The smallest absolute Gasteiger partial charge is 0.323 e. The van der Waals surface area contributed by atoms with E-state index in [-0.39, 0.29) is 12.5 Å². The summed E-state index contributed by atoms with van der Waals surface area (Å²) >= 11 is 3.34. The summed E-state index contributed by atoms with van der Waals surface area (Å²) in [6.07, 6.45) is 0. The van der Waals surface area contributed by atoms with Crippen LogP contribution in [0.4, 0.5) is 0 Å². The van der Waals surface area contributed by atoms with Gasteiger partial charge < -0.3 is 10.0 Å². The van der Waals surface area contributed by atoms with Gasteiger partial charge in [0.15, 0.2) is 0 Å². The van der Waals surface area contributed by atoms with Crippen molar-refractivity contribution in [3.63, 3.8) is 0 Å². The molecule has 0 fully saturated rings. The van der Waals surface area contributed by atoms with Gasteiger partial charge in [0.25, 0.3) is 5.91 Å². The van der Waals surface area contributed by atoms with Crippen molar-refractivity contribution in [3.05, 3.63) is 33.8 Å². The number of nitrogens with zero attached hydrogens (tertiary/aromatic N) is 1. The number of hydrogen-bond donors (Lipinski definition) is 1. The fourth-order valence-electron chi connectivity index (χ4n) is 1.27. The molecule has 0 atom stereocenters. The molecule has 0 bridgehead atoms. The van der Waals surface area contributed by atoms with Crippen molar-refractivity contribution < 1.29 is 14.7 Å². The van der Waals surface area contributed by atoms with Gasteiger partial charge in [-0.25, -0.2) is 0 Å².